The van der Waals surface area contributed by atoms with Crippen molar-refractivity contribution in [2.24, 2.45) is 0 Å². The average Bonchev–Trinajstić information content (AvgIpc) is 3.01. The highest BCUT2D eigenvalue weighted by molar-refractivity contribution is 5.39. The van der Waals surface area contributed by atoms with Crippen molar-refractivity contribution in [2.45, 2.75) is 32.7 Å². The molecule has 2 aromatic heterocycles. The first-order chi connectivity index (χ1) is 10.1. The van der Waals surface area contributed by atoms with Gasteiger partial charge in [-0.25, -0.2) is 4.68 Å². The van der Waals surface area contributed by atoms with E-state index in [0.717, 1.165) is 6.42 Å². The first-order valence-electron chi connectivity index (χ1n) is 6.99. The number of rotatable bonds is 7. The lowest BCUT2D eigenvalue weighted by atomic mass is 10.0. The van der Waals surface area contributed by atoms with Gasteiger partial charge in [0.05, 0.1) is 12.1 Å². The molecule has 0 aliphatic rings. The first kappa shape index (κ1) is 15.2. The van der Waals surface area contributed by atoms with Gasteiger partial charge in [-0.3, -0.25) is 0 Å². The SMILES string of the molecule is CCNc1nc(NC(C)(CC)CO)nc(-n2cccn2)n1. The Kier molecular flexibility index (Phi) is 4.69. The summed E-state index contributed by atoms with van der Waals surface area (Å²) in [4.78, 5) is 13.0. The van der Waals surface area contributed by atoms with Gasteiger partial charge in [-0.05, 0) is 26.3 Å². The summed E-state index contributed by atoms with van der Waals surface area (Å²) in [6, 6.07) is 1.80. The maximum atomic E-state index is 9.51. The minimum Gasteiger partial charge on any atom is -0.394 e. The molecule has 2 heterocycles. The highest BCUT2D eigenvalue weighted by Gasteiger charge is 2.22. The van der Waals surface area contributed by atoms with Crippen molar-refractivity contribution in [2.75, 3.05) is 23.8 Å². The Morgan fingerprint density at radius 2 is 2.00 bits per heavy atom. The Morgan fingerprint density at radius 1 is 1.24 bits per heavy atom. The predicted molar refractivity (Wildman–Crippen MR) is 80.5 cm³/mol. The van der Waals surface area contributed by atoms with Crippen molar-refractivity contribution >= 4 is 11.9 Å². The van der Waals surface area contributed by atoms with Crippen LogP contribution >= 0.6 is 0 Å². The third-order valence-corrected chi connectivity index (χ3v) is 3.21. The van der Waals surface area contributed by atoms with Crippen LogP contribution in [0.25, 0.3) is 5.95 Å². The molecule has 0 spiro atoms. The second-order valence-corrected chi connectivity index (χ2v) is 4.96. The van der Waals surface area contributed by atoms with Gasteiger partial charge in [0.2, 0.25) is 11.9 Å². The van der Waals surface area contributed by atoms with Crippen molar-refractivity contribution < 1.29 is 5.11 Å². The van der Waals surface area contributed by atoms with Gasteiger partial charge >= 0.3 is 0 Å². The Labute approximate surface area is 123 Å². The standard InChI is InChI=1S/C13H21N7O/c1-4-13(3,9-21)19-11-16-10(14-5-2)17-12(18-11)20-8-6-7-15-20/h6-8,21H,4-5,9H2,1-3H3,(H2,14,16,17,18,19). The van der Waals surface area contributed by atoms with Crippen molar-refractivity contribution in [1.29, 1.82) is 0 Å². The summed E-state index contributed by atoms with van der Waals surface area (Å²) < 4.78 is 1.57. The summed E-state index contributed by atoms with van der Waals surface area (Å²) in [7, 11) is 0. The van der Waals surface area contributed by atoms with E-state index < -0.39 is 5.54 Å². The summed E-state index contributed by atoms with van der Waals surface area (Å²) in [5.41, 5.74) is -0.480. The van der Waals surface area contributed by atoms with E-state index in [1.54, 1.807) is 23.1 Å². The largest absolute Gasteiger partial charge is 0.394 e. The summed E-state index contributed by atoms with van der Waals surface area (Å²) in [6.07, 6.45) is 4.16. The first-order valence-corrected chi connectivity index (χ1v) is 6.99. The monoisotopic (exact) mass is 291 g/mol. The van der Waals surface area contributed by atoms with Gasteiger partial charge in [0.1, 0.15) is 0 Å². The lowest BCUT2D eigenvalue weighted by Crippen LogP contribution is -2.38. The van der Waals surface area contributed by atoms with Gasteiger partial charge in [-0.1, -0.05) is 6.92 Å². The highest BCUT2D eigenvalue weighted by Crippen LogP contribution is 2.16. The smallest absolute Gasteiger partial charge is 0.257 e. The maximum absolute atomic E-state index is 9.51. The molecule has 0 saturated carbocycles. The zero-order valence-electron chi connectivity index (χ0n) is 12.5. The quantitative estimate of drug-likeness (QED) is 0.701. The topological polar surface area (TPSA) is 101 Å². The number of nitrogens with zero attached hydrogens (tertiary/aromatic N) is 5. The minimum atomic E-state index is -0.480. The maximum Gasteiger partial charge on any atom is 0.257 e. The van der Waals surface area contributed by atoms with Crippen LogP contribution in [0.3, 0.4) is 0 Å². The van der Waals surface area contributed by atoms with E-state index in [4.69, 9.17) is 0 Å². The summed E-state index contributed by atoms with van der Waals surface area (Å²) in [5, 5.41) is 19.9. The van der Waals surface area contributed by atoms with E-state index >= 15 is 0 Å². The zero-order chi connectivity index (χ0) is 15.3. The van der Waals surface area contributed by atoms with Gasteiger partial charge in [0, 0.05) is 18.9 Å². The van der Waals surface area contributed by atoms with Crippen molar-refractivity contribution in [3.8, 4) is 5.95 Å². The van der Waals surface area contributed by atoms with Crippen molar-refractivity contribution in [3.63, 3.8) is 0 Å². The Hall–Kier alpha value is -2.22. The van der Waals surface area contributed by atoms with Gasteiger partial charge in [0.15, 0.2) is 0 Å². The number of anilines is 2. The molecule has 0 fully saturated rings. The molecular weight excluding hydrogens is 270 g/mol. The Bertz CT molecular complexity index is 566. The van der Waals surface area contributed by atoms with Crippen LogP contribution in [0.2, 0.25) is 0 Å². The van der Waals surface area contributed by atoms with E-state index in [2.05, 4.69) is 30.7 Å². The van der Waals surface area contributed by atoms with E-state index in [1.807, 2.05) is 20.8 Å². The van der Waals surface area contributed by atoms with Crippen LogP contribution in [0.1, 0.15) is 27.2 Å². The van der Waals surface area contributed by atoms with Crippen LogP contribution in [0.15, 0.2) is 18.5 Å². The summed E-state index contributed by atoms with van der Waals surface area (Å²) >= 11 is 0. The van der Waals surface area contributed by atoms with Crippen molar-refractivity contribution in [3.05, 3.63) is 18.5 Å². The molecule has 2 rings (SSSR count). The van der Waals surface area contributed by atoms with Crippen LogP contribution in [0.4, 0.5) is 11.9 Å². The highest BCUT2D eigenvalue weighted by atomic mass is 16.3. The van der Waals surface area contributed by atoms with Gasteiger partial charge in [0.25, 0.3) is 5.95 Å². The van der Waals surface area contributed by atoms with E-state index in [0.29, 0.717) is 24.4 Å². The van der Waals surface area contributed by atoms with Crippen LogP contribution in [-0.2, 0) is 0 Å². The molecule has 0 aromatic carbocycles. The Balaban J connectivity index is 2.36. The molecule has 0 aliphatic carbocycles. The fourth-order valence-electron chi connectivity index (χ4n) is 1.66. The van der Waals surface area contributed by atoms with Gasteiger partial charge in [-0.15, -0.1) is 0 Å². The third kappa shape index (κ3) is 3.66. The van der Waals surface area contributed by atoms with Gasteiger partial charge < -0.3 is 15.7 Å². The average molecular weight is 291 g/mol. The second-order valence-electron chi connectivity index (χ2n) is 4.96. The molecule has 0 amide bonds. The molecule has 114 valence electrons. The van der Waals surface area contributed by atoms with E-state index in [-0.39, 0.29) is 6.61 Å². The molecule has 21 heavy (non-hydrogen) atoms. The predicted octanol–water partition coefficient (Wildman–Crippen LogP) is 1.06. The summed E-state index contributed by atoms with van der Waals surface area (Å²) in [6.45, 7) is 6.56. The lowest BCUT2D eigenvalue weighted by molar-refractivity contribution is 0.218. The fraction of sp³-hybridized carbons (Fsp3) is 0.538. The number of aliphatic hydroxyl groups is 1. The van der Waals surface area contributed by atoms with Crippen LogP contribution in [-0.4, -0.2) is 48.5 Å². The molecule has 2 aromatic rings. The normalized spacial score (nSPS) is 13.7. The van der Waals surface area contributed by atoms with E-state index in [9.17, 15) is 5.11 Å². The minimum absolute atomic E-state index is 0.0111. The molecule has 8 nitrogen and oxygen atoms in total. The van der Waals surface area contributed by atoms with E-state index in [1.165, 1.54) is 0 Å². The molecule has 0 radical (unpaired) electrons. The number of aromatic nitrogens is 5. The van der Waals surface area contributed by atoms with Crippen LogP contribution in [0, 0.1) is 0 Å². The number of aliphatic hydroxyl groups excluding tert-OH is 1. The number of hydrogen-bond donors (Lipinski definition) is 3. The Morgan fingerprint density at radius 3 is 2.57 bits per heavy atom. The molecule has 1 atom stereocenters. The van der Waals surface area contributed by atoms with Crippen LogP contribution in [0.5, 0.6) is 0 Å². The van der Waals surface area contributed by atoms with Crippen molar-refractivity contribution in [1.82, 2.24) is 24.7 Å². The molecule has 0 saturated heterocycles. The van der Waals surface area contributed by atoms with Crippen LogP contribution < -0.4 is 10.6 Å². The second kappa shape index (κ2) is 6.49. The molecule has 1 unspecified atom stereocenters. The lowest BCUT2D eigenvalue weighted by Gasteiger charge is -2.27. The fourth-order valence-corrected chi connectivity index (χ4v) is 1.66. The molecular formula is C13H21N7O. The molecule has 0 bridgehead atoms. The van der Waals surface area contributed by atoms with Gasteiger partial charge in [-0.2, -0.15) is 20.1 Å². The molecule has 3 N–H and O–H groups in total. The third-order valence-electron chi connectivity index (χ3n) is 3.21. The summed E-state index contributed by atoms with van der Waals surface area (Å²) in [5.74, 6) is 1.30. The molecule has 0 aliphatic heterocycles. The molecule has 8 heteroatoms. The number of hydrogen-bond acceptors (Lipinski definition) is 7. The number of nitrogens with one attached hydrogen (secondary N) is 2. The zero-order valence-corrected chi connectivity index (χ0v) is 12.5.